The van der Waals surface area contributed by atoms with E-state index in [2.05, 4.69) is 5.32 Å². The molecule has 4 atom stereocenters. The molecule has 0 bridgehead atoms. The van der Waals surface area contributed by atoms with Crippen molar-refractivity contribution in [1.29, 1.82) is 0 Å². The van der Waals surface area contributed by atoms with Crippen molar-refractivity contribution >= 4 is 17.7 Å². The number of halogens is 7. The zero-order chi connectivity index (χ0) is 32.3. The fourth-order valence-electron chi connectivity index (χ4n) is 5.74. The summed E-state index contributed by atoms with van der Waals surface area (Å²) in [6, 6.07) is 0.707. The summed E-state index contributed by atoms with van der Waals surface area (Å²) in [5.74, 6) is -3.08. The first-order chi connectivity index (χ1) is 20.5. The van der Waals surface area contributed by atoms with E-state index in [1.54, 1.807) is 20.8 Å². The predicted molar refractivity (Wildman–Crippen MR) is 144 cm³/mol. The topological polar surface area (TPSA) is 92.7 Å². The zero-order valence-electron chi connectivity index (χ0n) is 23.9. The summed E-state index contributed by atoms with van der Waals surface area (Å²) in [5, 5.41) is 4.97. The second-order valence-electron chi connectivity index (χ2n) is 12.4. The van der Waals surface area contributed by atoms with Crippen LogP contribution in [0.4, 0.5) is 41.2 Å². The molecule has 240 valence electrons. The molecule has 15 heteroatoms. The molecule has 2 aromatic rings. The van der Waals surface area contributed by atoms with Crippen LogP contribution in [0, 0.1) is 17.7 Å². The first-order valence-electron chi connectivity index (χ1n) is 14.0. The molecule has 1 aromatic heterocycles. The smallest absolute Gasteiger partial charge is 0.410 e. The van der Waals surface area contributed by atoms with Crippen molar-refractivity contribution in [3.63, 3.8) is 0 Å². The van der Waals surface area contributed by atoms with Gasteiger partial charge in [0.1, 0.15) is 23.0 Å². The number of nitrogens with zero attached hydrogens (tertiary/aromatic N) is 2. The van der Waals surface area contributed by atoms with Gasteiger partial charge in [-0.25, -0.2) is 35.5 Å². The van der Waals surface area contributed by atoms with Gasteiger partial charge in [-0.1, -0.05) is 18.2 Å². The van der Waals surface area contributed by atoms with Crippen LogP contribution < -0.4 is 16.2 Å². The number of ether oxygens (including phenoxy) is 1. The minimum Gasteiger partial charge on any atom is -0.444 e. The van der Waals surface area contributed by atoms with Crippen molar-refractivity contribution in [2.75, 3.05) is 18.4 Å². The molecule has 2 N–H and O–H groups in total. The molecule has 1 saturated heterocycles. The van der Waals surface area contributed by atoms with Gasteiger partial charge in [-0.05, 0) is 33.6 Å². The Bertz CT molecular complexity index is 1490. The number of aromatic nitrogens is 1. The lowest BCUT2D eigenvalue weighted by Gasteiger charge is -2.26. The summed E-state index contributed by atoms with van der Waals surface area (Å²) < 4.78 is 103. The van der Waals surface area contributed by atoms with Gasteiger partial charge in [-0.2, -0.15) is 0 Å². The molecule has 0 spiro atoms. The highest BCUT2D eigenvalue weighted by atomic mass is 19.3. The third-order valence-corrected chi connectivity index (χ3v) is 8.28. The largest absolute Gasteiger partial charge is 0.444 e. The summed E-state index contributed by atoms with van der Waals surface area (Å²) in [7, 11) is 0. The summed E-state index contributed by atoms with van der Waals surface area (Å²) >= 11 is 0. The van der Waals surface area contributed by atoms with Crippen LogP contribution in [0.15, 0.2) is 35.3 Å². The van der Waals surface area contributed by atoms with E-state index < -0.39 is 76.5 Å². The Morgan fingerprint density at radius 1 is 1.02 bits per heavy atom. The molecule has 8 nitrogen and oxygen atoms in total. The van der Waals surface area contributed by atoms with Crippen LogP contribution in [0.3, 0.4) is 0 Å². The van der Waals surface area contributed by atoms with Crippen molar-refractivity contribution in [1.82, 2.24) is 14.8 Å². The Kier molecular flexibility index (Phi) is 8.12. The van der Waals surface area contributed by atoms with Crippen LogP contribution in [0.2, 0.25) is 0 Å². The molecule has 5 rings (SSSR count). The number of hydrogen-bond donors (Lipinski definition) is 2. The molecule has 3 aliphatic rings. The summed E-state index contributed by atoms with van der Waals surface area (Å²) in [6.45, 7) is 5.78. The number of pyridine rings is 1. The van der Waals surface area contributed by atoms with Crippen LogP contribution in [-0.4, -0.2) is 59.1 Å². The van der Waals surface area contributed by atoms with Crippen LogP contribution >= 0.6 is 0 Å². The lowest BCUT2D eigenvalue weighted by atomic mass is 10.0. The van der Waals surface area contributed by atoms with Crippen LogP contribution in [0.1, 0.15) is 67.6 Å². The van der Waals surface area contributed by atoms with Crippen LogP contribution in [0.5, 0.6) is 0 Å². The van der Waals surface area contributed by atoms with Crippen LogP contribution in [-0.2, 0) is 10.3 Å². The highest BCUT2D eigenvalue weighted by molar-refractivity contribution is 5.99. The Morgan fingerprint density at radius 3 is 2.16 bits per heavy atom. The monoisotopic (exact) mass is 632 g/mol. The van der Waals surface area contributed by atoms with Gasteiger partial charge in [0.2, 0.25) is 0 Å². The number of carbonyl (C=O) groups excluding carboxylic acids is 2. The highest BCUT2D eigenvalue weighted by Gasteiger charge is 2.58. The maximum Gasteiger partial charge on any atom is 0.410 e. The lowest BCUT2D eigenvalue weighted by molar-refractivity contribution is 0.0272. The number of piperidine rings is 1. The first-order valence-corrected chi connectivity index (χ1v) is 14.0. The van der Waals surface area contributed by atoms with E-state index in [1.807, 2.05) is 5.32 Å². The fraction of sp³-hybridized carbons (Fsp3) is 0.552. The van der Waals surface area contributed by atoms with Crippen molar-refractivity contribution in [2.24, 2.45) is 11.8 Å². The quantitative estimate of drug-likeness (QED) is 0.347. The Labute approximate surface area is 247 Å². The van der Waals surface area contributed by atoms with Gasteiger partial charge in [0.15, 0.2) is 0 Å². The number of fused-ring (bicyclic) bond motifs is 1. The molecule has 44 heavy (non-hydrogen) atoms. The van der Waals surface area contributed by atoms with E-state index in [0.717, 1.165) is 30.5 Å². The van der Waals surface area contributed by atoms with Gasteiger partial charge >= 0.3 is 6.09 Å². The third-order valence-electron chi connectivity index (χ3n) is 8.28. The Hall–Kier alpha value is -3.78. The number of anilines is 1. The lowest BCUT2D eigenvalue weighted by Crippen LogP contribution is -2.39. The number of alkyl halides is 6. The van der Waals surface area contributed by atoms with Crippen molar-refractivity contribution in [3.8, 4) is 0 Å². The zero-order valence-corrected chi connectivity index (χ0v) is 23.9. The number of benzene rings is 1. The van der Waals surface area contributed by atoms with E-state index >= 15 is 0 Å². The number of hydrogen-bond acceptors (Lipinski definition) is 5. The molecule has 0 radical (unpaired) electrons. The molecule has 1 aliphatic heterocycles. The average Bonchev–Trinajstić information content (AvgIpc) is 3.80. The van der Waals surface area contributed by atoms with Gasteiger partial charge in [0, 0.05) is 48.8 Å². The maximum absolute atomic E-state index is 14.8. The van der Waals surface area contributed by atoms with E-state index in [4.69, 9.17) is 4.74 Å². The minimum atomic E-state index is -3.44. The standard InChI is InChI=1S/C29H31F7N4O4/c1-28(2,3)44-27(43)39-10-15-16(11-39)21(15)37-18-9-19(41)40(29(7-8-29)26(35)36)12-17(18)25(42)38-22(24(33)34)13-5-4-6-14(20(13)30)23(31)32/h4-6,9,12,15-16,21-24,26,37H,7-8,10-11H2,1-3H3,(H,38,42)/t15-,16+,21+,22?. The number of carbonyl (C=O) groups is 2. The SMILES string of the molecule is CC(C)(C)OC(=O)N1C[C@@H]2[C@H](C1)[C@H]2Nc1cc(=O)n(C2(C(F)F)CC2)cc1C(=O)NC(c1cccc(C(F)F)c1F)C(F)F. The predicted octanol–water partition coefficient (Wildman–Crippen LogP) is 5.69. The molecule has 2 heterocycles. The summed E-state index contributed by atoms with van der Waals surface area (Å²) in [6.07, 6.45) is -9.48. The van der Waals surface area contributed by atoms with Gasteiger partial charge in [-0.15, -0.1) is 0 Å². The van der Waals surface area contributed by atoms with E-state index in [1.165, 1.54) is 4.90 Å². The second kappa shape index (κ2) is 11.3. The number of nitrogens with one attached hydrogen (secondary N) is 2. The molecule has 3 fully saturated rings. The minimum absolute atomic E-state index is 0.0586. The van der Waals surface area contributed by atoms with Crippen LogP contribution in [0.25, 0.3) is 0 Å². The molecule has 2 aliphatic carbocycles. The Morgan fingerprint density at radius 2 is 1.64 bits per heavy atom. The molecule has 2 saturated carbocycles. The highest BCUT2D eigenvalue weighted by Crippen LogP contribution is 2.49. The Balaban J connectivity index is 1.43. The number of rotatable bonds is 9. The van der Waals surface area contributed by atoms with Gasteiger partial charge in [0.05, 0.1) is 16.8 Å². The molecular weight excluding hydrogens is 601 g/mol. The first kappa shape index (κ1) is 31.6. The van der Waals surface area contributed by atoms with Gasteiger partial charge < -0.3 is 24.8 Å². The number of likely N-dealkylation sites (tertiary alicyclic amines) is 1. The second-order valence-corrected chi connectivity index (χ2v) is 12.4. The fourth-order valence-corrected chi connectivity index (χ4v) is 5.74. The van der Waals surface area contributed by atoms with Crippen molar-refractivity contribution in [2.45, 2.75) is 76.1 Å². The molecule has 1 aromatic carbocycles. The normalized spacial score (nSPS) is 22.7. The van der Waals surface area contributed by atoms with E-state index in [0.29, 0.717) is 17.7 Å². The van der Waals surface area contributed by atoms with Crippen molar-refractivity contribution < 1.29 is 45.1 Å². The summed E-state index contributed by atoms with van der Waals surface area (Å²) in [5.41, 5.74) is -6.03. The maximum atomic E-state index is 14.8. The van der Waals surface area contributed by atoms with E-state index in [9.17, 15) is 45.1 Å². The number of amides is 2. The molecular formula is C29H31F7N4O4. The van der Waals surface area contributed by atoms with Gasteiger partial charge in [0.25, 0.3) is 30.7 Å². The van der Waals surface area contributed by atoms with Crippen molar-refractivity contribution in [3.05, 3.63) is 63.3 Å². The molecule has 1 unspecified atom stereocenters. The molecule has 2 amide bonds. The summed E-state index contributed by atoms with van der Waals surface area (Å²) in [4.78, 5) is 40.4. The third kappa shape index (κ3) is 5.96. The van der Waals surface area contributed by atoms with Gasteiger partial charge in [-0.3, -0.25) is 9.59 Å². The van der Waals surface area contributed by atoms with E-state index in [-0.39, 0.29) is 36.4 Å². The average molecular weight is 633 g/mol.